The van der Waals surface area contributed by atoms with Crippen LogP contribution in [0.3, 0.4) is 0 Å². The van der Waals surface area contributed by atoms with Crippen molar-refractivity contribution in [1.82, 2.24) is 9.21 Å². The molecule has 0 spiro atoms. The van der Waals surface area contributed by atoms with Crippen LogP contribution in [-0.4, -0.2) is 63.3 Å². The average Bonchev–Trinajstić information content (AvgIpc) is 2.88. The predicted octanol–water partition coefficient (Wildman–Crippen LogP) is 4.98. The minimum Gasteiger partial charge on any atom is -0.406 e. The van der Waals surface area contributed by atoms with Gasteiger partial charge in [-0.2, -0.15) is 4.31 Å². The van der Waals surface area contributed by atoms with Gasteiger partial charge in [0.2, 0.25) is 10.0 Å². The van der Waals surface area contributed by atoms with Crippen LogP contribution in [-0.2, 0) is 14.8 Å². The van der Waals surface area contributed by atoms with Gasteiger partial charge < -0.3 is 9.47 Å². The molecule has 1 heterocycles. The highest BCUT2D eigenvalue weighted by Gasteiger charge is 2.32. The molecule has 204 valence electrons. The molecule has 0 unspecified atom stereocenters. The number of sulfonamides is 1. The molecule has 0 bridgehead atoms. The fourth-order valence-electron chi connectivity index (χ4n) is 4.12. The summed E-state index contributed by atoms with van der Waals surface area (Å²) in [5, 5.41) is 0. The Bertz CT molecular complexity index is 1250. The quantitative estimate of drug-likeness (QED) is 0.348. The maximum atomic E-state index is 13.4. The Morgan fingerprint density at radius 3 is 1.74 bits per heavy atom. The Balaban J connectivity index is 1.32. The van der Waals surface area contributed by atoms with Crippen molar-refractivity contribution < 1.29 is 39.8 Å². The third kappa shape index (κ3) is 7.28. The second kappa shape index (κ2) is 11.8. The van der Waals surface area contributed by atoms with Crippen LogP contribution in [0.15, 0.2) is 77.7 Å². The van der Waals surface area contributed by atoms with Crippen molar-refractivity contribution in [2.24, 2.45) is 0 Å². The van der Waals surface area contributed by atoms with Gasteiger partial charge in [0.25, 0.3) is 0 Å². The summed E-state index contributed by atoms with van der Waals surface area (Å²) in [7, 11) is -3.88. The normalized spacial score (nSPS) is 15.6. The lowest BCUT2D eigenvalue weighted by Gasteiger charge is -2.34. The van der Waals surface area contributed by atoms with Crippen LogP contribution in [0.1, 0.15) is 17.2 Å². The van der Waals surface area contributed by atoms with Gasteiger partial charge in [0, 0.05) is 32.7 Å². The molecule has 1 saturated heterocycles. The van der Waals surface area contributed by atoms with E-state index in [1.165, 1.54) is 28.6 Å². The molecule has 1 aliphatic rings. The van der Waals surface area contributed by atoms with Crippen LogP contribution in [0.4, 0.5) is 22.0 Å². The van der Waals surface area contributed by atoms with Crippen LogP contribution in [0.5, 0.6) is 5.75 Å². The van der Waals surface area contributed by atoms with Crippen molar-refractivity contribution in [3.05, 3.63) is 95.6 Å². The van der Waals surface area contributed by atoms with Crippen LogP contribution < -0.4 is 4.74 Å². The molecule has 1 aliphatic heterocycles. The lowest BCUT2D eigenvalue weighted by Crippen LogP contribution is -2.49. The molecule has 0 atom stereocenters. The summed E-state index contributed by atoms with van der Waals surface area (Å²) in [6.45, 7) is 2.03. The highest BCUT2D eigenvalue weighted by molar-refractivity contribution is 7.89. The first-order chi connectivity index (χ1) is 18.0. The Morgan fingerprint density at radius 1 is 0.763 bits per heavy atom. The largest absolute Gasteiger partial charge is 0.573 e. The van der Waals surface area contributed by atoms with Gasteiger partial charge in [0.05, 0.1) is 11.5 Å². The number of nitrogens with zero attached hydrogens (tertiary/aromatic N) is 2. The zero-order valence-electron chi connectivity index (χ0n) is 20.1. The predicted molar refractivity (Wildman–Crippen MR) is 129 cm³/mol. The van der Waals surface area contributed by atoms with Crippen molar-refractivity contribution in [2.45, 2.75) is 17.4 Å². The summed E-state index contributed by atoms with van der Waals surface area (Å²) in [6, 6.07) is 15.8. The molecule has 0 amide bonds. The van der Waals surface area contributed by atoms with E-state index in [-0.39, 0.29) is 36.2 Å². The van der Waals surface area contributed by atoms with Gasteiger partial charge in [-0.25, -0.2) is 17.2 Å². The summed E-state index contributed by atoms with van der Waals surface area (Å²) in [4.78, 5) is 1.91. The Labute approximate surface area is 217 Å². The molecule has 0 N–H and O–H groups in total. The number of hydrogen-bond acceptors (Lipinski definition) is 5. The molecule has 0 aromatic heterocycles. The molecule has 38 heavy (non-hydrogen) atoms. The molecule has 6 nitrogen and oxygen atoms in total. The Morgan fingerprint density at radius 2 is 1.26 bits per heavy atom. The van der Waals surface area contributed by atoms with Crippen LogP contribution in [0.25, 0.3) is 0 Å². The molecule has 3 aromatic carbocycles. The van der Waals surface area contributed by atoms with E-state index in [0.717, 1.165) is 24.3 Å². The molecule has 1 fully saturated rings. The molecule has 0 radical (unpaired) electrons. The topological polar surface area (TPSA) is 59.1 Å². The van der Waals surface area contributed by atoms with E-state index < -0.39 is 28.2 Å². The summed E-state index contributed by atoms with van der Waals surface area (Å²) in [6.07, 6.45) is -5.40. The second-order valence-electron chi connectivity index (χ2n) is 8.62. The van der Waals surface area contributed by atoms with Crippen molar-refractivity contribution in [2.75, 3.05) is 39.3 Å². The van der Waals surface area contributed by atoms with Crippen molar-refractivity contribution in [3.63, 3.8) is 0 Å². The van der Waals surface area contributed by atoms with E-state index in [2.05, 4.69) is 4.74 Å². The summed E-state index contributed by atoms with van der Waals surface area (Å²) >= 11 is 0. The summed E-state index contributed by atoms with van der Waals surface area (Å²) < 4.78 is 101. The van der Waals surface area contributed by atoms with Crippen molar-refractivity contribution in [1.29, 1.82) is 0 Å². The first-order valence-electron chi connectivity index (χ1n) is 11.7. The maximum Gasteiger partial charge on any atom is 0.573 e. The van der Waals surface area contributed by atoms with E-state index in [4.69, 9.17) is 4.74 Å². The lowest BCUT2D eigenvalue weighted by atomic mass is 10.0. The lowest BCUT2D eigenvalue weighted by molar-refractivity contribution is -0.274. The number of halogens is 5. The van der Waals surface area contributed by atoms with Gasteiger partial charge in [-0.05, 0) is 59.7 Å². The number of ether oxygens (including phenoxy) is 2. The number of benzene rings is 3. The van der Waals surface area contributed by atoms with E-state index >= 15 is 0 Å². The van der Waals surface area contributed by atoms with E-state index in [1.807, 2.05) is 4.90 Å². The molecule has 0 aliphatic carbocycles. The van der Waals surface area contributed by atoms with Gasteiger partial charge in [-0.15, -0.1) is 13.2 Å². The number of rotatable bonds is 9. The fraction of sp³-hybridized carbons (Fsp3) is 0.308. The third-order valence-corrected chi connectivity index (χ3v) is 7.98. The van der Waals surface area contributed by atoms with Crippen molar-refractivity contribution >= 4 is 10.0 Å². The minimum atomic E-state index is -4.86. The zero-order chi connectivity index (χ0) is 27.3. The maximum absolute atomic E-state index is 13.4. The number of alkyl halides is 3. The minimum absolute atomic E-state index is 0.120. The van der Waals surface area contributed by atoms with Crippen molar-refractivity contribution in [3.8, 4) is 5.75 Å². The van der Waals surface area contributed by atoms with Gasteiger partial charge in [0.1, 0.15) is 23.5 Å². The van der Waals surface area contributed by atoms with E-state index in [9.17, 15) is 30.4 Å². The Hall–Kier alpha value is -3.06. The molecular weight excluding hydrogens is 531 g/mol. The first-order valence-corrected chi connectivity index (χ1v) is 13.2. The molecule has 3 aromatic rings. The van der Waals surface area contributed by atoms with Crippen LogP contribution in [0.2, 0.25) is 0 Å². The van der Waals surface area contributed by atoms with E-state index in [1.54, 1.807) is 24.3 Å². The zero-order valence-corrected chi connectivity index (χ0v) is 20.9. The van der Waals surface area contributed by atoms with E-state index in [0.29, 0.717) is 30.8 Å². The fourth-order valence-corrected chi connectivity index (χ4v) is 5.54. The molecule has 12 heteroatoms. The molecular formula is C26H25F5N2O4S. The summed E-state index contributed by atoms with van der Waals surface area (Å²) in [5.41, 5.74) is 1.42. The highest BCUT2D eigenvalue weighted by atomic mass is 32.2. The third-order valence-electron chi connectivity index (χ3n) is 6.06. The number of hydrogen-bond donors (Lipinski definition) is 0. The smallest absolute Gasteiger partial charge is 0.406 e. The first kappa shape index (κ1) is 28.0. The summed E-state index contributed by atoms with van der Waals surface area (Å²) in [5.74, 6) is -1.27. The standard InChI is InChI=1S/C26H25F5N2O4S/c27-21-5-1-19(2-6-21)25(20-3-7-22(28)8-4-20)36-18-17-32-13-15-33(16-14-32)38(34,35)24-11-9-23(10-12-24)37-26(29,30)31/h1-12,25H,13-18H2. The van der Waals surface area contributed by atoms with Gasteiger partial charge >= 0.3 is 6.36 Å². The Kier molecular flexibility index (Phi) is 8.66. The molecule has 0 saturated carbocycles. The highest BCUT2D eigenvalue weighted by Crippen LogP contribution is 2.28. The SMILES string of the molecule is O=S(=O)(c1ccc(OC(F)(F)F)cc1)N1CCN(CCOC(c2ccc(F)cc2)c2ccc(F)cc2)CC1. The average molecular weight is 557 g/mol. The molecule has 4 rings (SSSR count). The van der Waals surface area contributed by atoms with Crippen LogP contribution >= 0.6 is 0 Å². The van der Waals surface area contributed by atoms with Crippen LogP contribution in [0, 0.1) is 11.6 Å². The second-order valence-corrected chi connectivity index (χ2v) is 10.6. The van der Waals surface area contributed by atoms with Gasteiger partial charge in [-0.1, -0.05) is 24.3 Å². The number of piperazine rings is 1. The van der Waals surface area contributed by atoms with Gasteiger partial charge in [0.15, 0.2) is 0 Å². The monoisotopic (exact) mass is 556 g/mol. The van der Waals surface area contributed by atoms with Gasteiger partial charge in [-0.3, -0.25) is 4.90 Å².